The van der Waals surface area contributed by atoms with E-state index in [9.17, 15) is 0 Å². The fourth-order valence-electron chi connectivity index (χ4n) is 2.77. The first-order valence-electron chi connectivity index (χ1n) is 7.34. The number of halogens is 1. The van der Waals surface area contributed by atoms with Gasteiger partial charge in [-0.15, -0.1) is 0 Å². The van der Waals surface area contributed by atoms with Gasteiger partial charge in [0.1, 0.15) is 0 Å². The lowest BCUT2D eigenvalue weighted by Gasteiger charge is -2.40. The zero-order chi connectivity index (χ0) is 13.8. The molecule has 1 aromatic rings. The highest BCUT2D eigenvalue weighted by Gasteiger charge is 2.26. The first-order valence-corrected chi connectivity index (χ1v) is 7.72. The van der Waals surface area contributed by atoms with Crippen LogP contribution >= 0.6 is 11.6 Å². The molecule has 0 spiro atoms. The molecular weight excluding hydrogens is 256 g/mol. The van der Waals surface area contributed by atoms with E-state index in [1.165, 1.54) is 12.0 Å². The van der Waals surface area contributed by atoms with Crippen molar-refractivity contribution in [3.8, 4) is 0 Å². The van der Waals surface area contributed by atoms with Crippen molar-refractivity contribution in [2.24, 2.45) is 5.92 Å². The van der Waals surface area contributed by atoms with Crippen molar-refractivity contribution in [2.45, 2.75) is 39.3 Å². The average Bonchev–Trinajstić information content (AvgIpc) is 2.46. The molecule has 1 aliphatic heterocycles. The van der Waals surface area contributed by atoms with Crippen molar-refractivity contribution in [1.82, 2.24) is 10.2 Å². The van der Waals surface area contributed by atoms with Gasteiger partial charge in [0.15, 0.2) is 0 Å². The van der Waals surface area contributed by atoms with Gasteiger partial charge in [-0.05, 0) is 30.5 Å². The van der Waals surface area contributed by atoms with Gasteiger partial charge in [-0.3, -0.25) is 4.90 Å². The summed E-state index contributed by atoms with van der Waals surface area (Å²) in [5.74, 6) is 0.736. The smallest absolute Gasteiger partial charge is 0.0406 e. The Morgan fingerprint density at radius 2 is 2.00 bits per heavy atom. The monoisotopic (exact) mass is 280 g/mol. The Bertz CT molecular complexity index is 390. The topological polar surface area (TPSA) is 15.3 Å². The van der Waals surface area contributed by atoms with Crippen molar-refractivity contribution in [1.29, 1.82) is 0 Å². The molecule has 1 aromatic carbocycles. The van der Waals surface area contributed by atoms with E-state index < -0.39 is 0 Å². The van der Waals surface area contributed by atoms with Crippen LogP contribution in [0.15, 0.2) is 24.3 Å². The lowest BCUT2D eigenvalue weighted by molar-refractivity contribution is 0.130. The summed E-state index contributed by atoms with van der Waals surface area (Å²) in [5.41, 5.74) is 1.36. The number of nitrogens with one attached hydrogen (secondary N) is 1. The van der Waals surface area contributed by atoms with Gasteiger partial charge < -0.3 is 5.32 Å². The van der Waals surface area contributed by atoms with Crippen molar-refractivity contribution < 1.29 is 0 Å². The lowest BCUT2D eigenvalue weighted by atomic mass is 9.95. The molecule has 0 aromatic heterocycles. The molecule has 0 radical (unpaired) electrons. The highest BCUT2D eigenvalue weighted by Crippen LogP contribution is 2.24. The molecule has 3 unspecified atom stereocenters. The number of hydrogen-bond donors (Lipinski definition) is 1. The van der Waals surface area contributed by atoms with Crippen LogP contribution in [0.5, 0.6) is 0 Å². The van der Waals surface area contributed by atoms with Crippen LogP contribution in [0.25, 0.3) is 0 Å². The molecular formula is C16H25ClN2. The highest BCUT2D eigenvalue weighted by molar-refractivity contribution is 6.30. The second kappa shape index (κ2) is 6.74. The zero-order valence-corrected chi connectivity index (χ0v) is 13.0. The Labute approximate surface area is 122 Å². The Balaban J connectivity index is 2.02. The predicted molar refractivity (Wildman–Crippen MR) is 82.7 cm³/mol. The maximum absolute atomic E-state index is 5.96. The van der Waals surface area contributed by atoms with Crippen molar-refractivity contribution in [3.05, 3.63) is 34.9 Å². The van der Waals surface area contributed by atoms with E-state index in [0.717, 1.165) is 30.6 Å². The molecule has 106 valence electrons. The molecule has 0 aliphatic carbocycles. The van der Waals surface area contributed by atoms with E-state index in [2.05, 4.69) is 43.1 Å². The van der Waals surface area contributed by atoms with Crippen LogP contribution in [-0.4, -0.2) is 30.6 Å². The average molecular weight is 281 g/mol. The Morgan fingerprint density at radius 3 is 2.63 bits per heavy atom. The predicted octanol–water partition coefficient (Wildman–Crippen LogP) is 3.72. The summed E-state index contributed by atoms with van der Waals surface area (Å²) in [4.78, 5) is 2.58. The van der Waals surface area contributed by atoms with Crippen LogP contribution in [0.4, 0.5) is 0 Å². The van der Waals surface area contributed by atoms with Gasteiger partial charge in [0, 0.05) is 36.7 Å². The van der Waals surface area contributed by atoms with Gasteiger partial charge in [0.25, 0.3) is 0 Å². The third-order valence-corrected chi connectivity index (χ3v) is 4.72. The molecule has 2 rings (SSSR count). The molecule has 0 bridgehead atoms. The van der Waals surface area contributed by atoms with E-state index >= 15 is 0 Å². The van der Waals surface area contributed by atoms with Crippen molar-refractivity contribution in [3.63, 3.8) is 0 Å². The fourth-order valence-corrected chi connectivity index (χ4v) is 2.90. The molecule has 0 amide bonds. The zero-order valence-electron chi connectivity index (χ0n) is 12.2. The maximum atomic E-state index is 5.96. The summed E-state index contributed by atoms with van der Waals surface area (Å²) in [6, 6.07) is 9.35. The number of rotatable bonds is 4. The summed E-state index contributed by atoms with van der Waals surface area (Å²) in [6.45, 7) is 10.3. The molecule has 1 saturated heterocycles. The summed E-state index contributed by atoms with van der Waals surface area (Å²) in [6.07, 6.45) is 1.24. The number of hydrogen-bond acceptors (Lipinski definition) is 2. The van der Waals surface area contributed by atoms with Gasteiger partial charge in [0.2, 0.25) is 0 Å². The fraction of sp³-hybridized carbons (Fsp3) is 0.625. The van der Waals surface area contributed by atoms with E-state index in [1.54, 1.807) is 0 Å². The van der Waals surface area contributed by atoms with Crippen LogP contribution in [-0.2, 0) is 0 Å². The molecule has 3 heteroatoms. The maximum Gasteiger partial charge on any atom is 0.0406 e. The van der Waals surface area contributed by atoms with Gasteiger partial charge >= 0.3 is 0 Å². The Hall–Kier alpha value is -0.570. The molecule has 2 nitrogen and oxygen atoms in total. The Kier molecular flexibility index (Phi) is 5.26. The van der Waals surface area contributed by atoms with Crippen molar-refractivity contribution in [2.75, 3.05) is 19.6 Å². The van der Waals surface area contributed by atoms with Crippen LogP contribution in [0.3, 0.4) is 0 Å². The summed E-state index contributed by atoms with van der Waals surface area (Å²) >= 11 is 5.96. The highest BCUT2D eigenvalue weighted by atomic mass is 35.5. The largest absolute Gasteiger partial charge is 0.311 e. The van der Waals surface area contributed by atoms with Gasteiger partial charge in [-0.2, -0.15) is 0 Å². The molecule has 3 atom stereocenters. The SMILES string of the molecule is CCC(C)C1CN(C(C)c2ccc(Cl)cc2)CCN1. The third-order valence-electron chi connectivity index (χ3n) is 4.47. The minimum atomic E-state index is 0.464. The van der Waals surface area contributed by atoms with Gasteiger partial charge in [0.05, 0.1) is 0 Å². The second-order valence-corrected chi connectivity index (χ2v) is 6.11. The van der Waals surface area contributed by atoms with E-state index in [4.69, 9.17) is 11.6 Å². The van der Waals surface area contributed by atoms with Gasteiger partial charge in [-0.1, -0.05) is 44.0 Å². The quantitative estimate of drug-likeness (QED) is 0.904. The first-order chi connectivity index (χ1) is 9.11. The van der Waals surface area contributed by atoms with E-state index in [0.29, 0.717) is 12.1 Å². The minimum absolute atomic E-state index is 0.464. The van der Waals surface area contributed by atoms with E-state index in [-0.39, 0.29) is 0 Å². The molecule has 19 heavy (non-hydrogen) atoms. The summed E-state index contributed by atoms with van der Waals surface area (Å²) in [7, 11) is 0. The molecule has 1 aliphatic rings. The number of nitrogens with zero attached hydrogens (tertiary/aromatic N) is 1. The second-order valence-electron chi connectivity index (χ2n) is 5.67. The standard InChI is InChI=1S/C16H25ClN2/c1-4-12(2)16-11-19(10-9-18-16)13(3)14-5-7-15(17)8-6-14/h5-8,12-13,16,18H,4,9-11H2,1-3H3. The molecule has 1 fully saturated rings. The first kappa shape index (κ1) is 14.8. The third kappa shape index (κ3) is 3.71. The van der Waals surface area contributed by atoms with Crippen LogP contribution < -0.4 is 5.32 Å². The van der Waals surface area contributed by atoms with Crippen molar-refractivity contribution >= 4 is 11.6 Å². The minimum Gasteiger partial charge on any atom is -0.311 e. The number of piperazine rings is 1. The van der Waals surface area contributed by atoms with Crippen LogP contribution in [0, 0.1) is 5.92 Å². The molecule has 1 N–H and O–H groups in total. The normalized spacial score (nSPS) is 24.1. The van der Waals surface area contributed by atoms with Crippen LogP contribution in [0.1, 0.15) is 38.8 Å². The van der Waals surface area contributed by atoms with E-state index in [1.807, 2.05) is 12.1 Å². The number of benzene rings is 1. The molecule has 0 saturated carbocycles. The summed E-state index contributed by atoms with van der Waals surface area (Å²) in [5, 5.41) is 4.47. The summed E-state index contributed by atoms with van der Waals surface area (Å²) < 4.78 is 0. The lowest BCUT2D eigenvalue weighted by Crippen LogP contribution is -2.53. The van der Waals surface area contributed by atoms with Crippen LogP contribution in [0.2, 0.25) is 5.02 Å². The molecule has 1 heterocycles. The Morgan fingerprint density at radius 1 is 1.32 bits per heavy atom. The van der Waals surface area contributed by atoms with Gasteiger partial charge in [-0.25, -0.2) is 0 Å².